The molecule has 2 rings (SSSR count). The Morgan fingerprint density at radius 1 is 1.50 bits per heavy atom. The molecule has 0 saturated heterocycles. The van der Waals surface area contributed by atoms with Crippen molar-refractivity contribution in [2.75, 3.05) is 11.4 Å². The van der Waals surface area contributed by atoms with Gasteiger partial charge in [-0.15, -0.1) is 0 Å². The standard InChI is InChI=1S/C11H9ClN2/c1-8-4-5-14(7-13)11-3-2-9(12)6-10(8)11/h2-3,6H,1,4-5H2. The highest BCUT2D eigenvalue weighted by Crippen LogP contribution is 2.34. The van der Waals surface area contributed by atoms with Gasteiger partial charge < -0.3 is 0 Å². The van der Waals surface area contributed by atoms with E-state index in [4.69, 9.17) is 16.9 Å². The van der Waals surface area contributed by atoms with Crippen LogP contribution in [0.4, 0.5) is 5.69 Å². The van der Waals surface area contributed by atoms with Crippen LogP contribution in [0.3, 0.4) is 0 Å². The van der Waals surface area contributed by atoms with Crippen LogP contribution in [0, 0.1) is 11.5 Å². The Morgan fingerprint density at radius 3 is 3.00 bits per heavy atom. The zero-order chi connectivity index (χ0) is 10.1. The summed E-state index contributed by atoms with van der Waals surface area (Å²) in [6, 6.07) is 5.53. The van der Waals surface area contributed by atoms with Gasteiger partial charge in [0.05, 0.1) is 5.69 Å². The first-order valence-electron chi connectivity index (χ1n) is 4.37. The Morgan fingerprint density at radius 2 is 2.29 bits per heavy atom. The second kappa shape index (κ2) is 3.36. The van der Waals surface area contributed by atoms with Crippen LogP contribution in [0.1, 0.15) is 12.0 Å². The van der Waals surface area contributed by atoms with E-state index in [0.29, 0.717) is 11.6 Å². The summed E-state index contributed by atoms with van der Waals surface area (Å²) in [5, 5.41) is 9.59. The topological polar surface area (TPSA) is 27.0 Å². The van der Waals surface area contributed by atoms with Crippen LogP contribution in [0.5, 0.6) is 0 Å². The van der Waals surface area contributed by atoms with Gasteiger partial charge in [-0.1, -0.05) is 18.2 Å². The zero-order valence-corrected chi connectivity index (χ0v) is 8.38. The van der Waals surface area contributed by atoms with Crippen LogP contribution < -0.4 is 4.90 Å². The fourth-order valence-corrected chi connectivity index (χ4v) is 1.80. The maximum Gasteiger partial charge on any atom is 0.184 e. The fraction of sp³-hybridized carbons (Fsp3) is 0.182. The number of benzene rings is 1. The molecule has 0 atom stereocenters. The Labute approximate surface area is 88.0 Å². The third-order valence-corrected chi connectivity index (χ3v) is 2.62. The Balaban J connectivity index is 2.58. The van der Waals surface area contributed by atoms with Crippen LogP contribution >= 0.6 is 11.6 Å². The lowest BCUT2D eigenvalue weighted by atomic mass is 9.98. The lowest BCUT2D eigenvalue weighted by Crippen LogP contribution is -2.23. The second-order valence-electron chi connectivity index (χ2n) is 3.27. The van der Waals surface area contributed by atoms with Crippen molar-refractivity contribution >= 4 is 22.9 Å². The van der Waals surface area contributed by atoms with Gasteiger partial charge in [0, 0.05) is 17.1 Å². The molecule has 0 bridgehead atoms. The monoisotopic (exact) mass is 204 g/mol. The third kappa shape index (κ3) is 1.36. The van der Waals surface area contributed by atoms with Crippen LogP contribution in [-0.2, 0) is 0 Å². The number of anilines is 1. The molecule has 0 N–H and O–H groups in total. The molecule has 0 aliphatic carbocycles. The van der Waals surface area contributed by atoms with Gasteiger partial charge in [0.15, 0.2) is 6.19 Å². The van der Waals surface area contributed by atoms with E-state index >= 15 is 0 Å². The maximum atomic E-state index is 8.91. The quantitative estimate of drug-likeness (QED) is 0.608. The van der Waals surface area contributed by atoms with Crippen molar-refractivity contribution in [3.63, 3.8) is 0 Å². The number of hydrogen-bond acceptors (Lipinski definition) is 2. The van der Waals surface area contributed by atoms with Gasteiger partial charge >= 0.3 is 0 Å². The minimum Gasteiger partial charge on any atom is -0.279 e. The van der Waals surface area contributed by atoms with E-state index in [-0.39, 0.29) is 0 Å². The summed E-state index contributed by atoms with van der Waals surface area (Å²) >= 11 is 5.89. The molecule has 2 nitrogen and oxygen atoms in total. The van der Waals surface area contributed by atoms with E-state index in [1.807, 2.05) is 12.1 Å². The molecular formula is C11H9ClN2. The minimum atomic E-state index is 0.685. The molecule has 0 aromatic heterocycles. The average molecular weight is 205 g/mol. The molecule has 1 aromatic rings. The molecule has 14 heavy (non-hydrogen) atoms. The number of nitrogens with zero attached hydrogens (tertiary/aromatic N) is 2. The molecule has 1 aromatic carbocycles. The van der Waals surface area contributed by atoms with E-state index in [1.54, 1.807) is 11.0 Å². The molecule has 70 valence electrons. The second-order valence-corrected chi connectivity index (χ2v) is 3.70. The van der Waals surface area contributed by atoms with Gasteiger partial charge in [0.2, 0.25) is 0 Å². The first kappa shape index (κ1) is 9.11. The number of fused-ring (bicyclic) bond motifs is 1. The van der Waals surface area contributed by atoms with Crippen molar-refractivity contribution in [2.45, 2.75) is 6.42 Å². The SMILES string of the molecule is C=C1CCN(C#N)c2ccc(Cl)cc21. The van der Waals surface area contributed by atoms with Gasteiger partial charge in [-0.05, 0) is 30.2 Å². The number of hydrogen-bond donors (Lipinski definition) is 0. The highest BCUT2D eigenvalue weighted by Gasteiger charge is 2.18. The van der Waals surface area contributed by atoms with Gasteiger partial charge in [0.25, 0.3) is 0 Å². The van der Waals surface area contributed by atoms with Gasteiger partial charge in [-0.2, -0.15) is 5.26 Å². The predicted octanol–water partition coefficient (Wildman–Crippen LogP) is 3.04. The minimum absolute atomic E-state index is 0.685. The van der Waals surface area contributed by atoms with E-state index in [1.165, 1.54) is 0 Å². The Kier molecular flexibility index (Phi) is 2.18. The van der Waals surface area contributed by atoms with Crippen molar-refractivity contribution in [2.24, 2.45) is 0 Å². The van der Waals surface area contributed by atoms with E-state index in [9.17, 15) is 0 Å². The molecule has 1 aliphatic heterocycles. The van der Waals surface area contributed by atoms with Crippen molar-refractivity contribution < 1.29 is 0 Å². The molecule has 0 saturated carbocycles. The van der Waals surface area contributed by atoms with E-state index in [2.05, 4.69) is 12.8 Å². The number of rotatable bonds is 0. The predicted molar refractivity (Wildman–Crippen MR) is 58.1 cm³/mol. The summed E-state index contributed by atoms with van der Waals surface area (Å²) in [4.78, 5) is 1.67. The lowest BCUT2D eigenvalue weighted by molar-refractivity contribution is 0.927. The largest absolute Gasteiger partial charge is 0.279 e. The average Bonchev–Trinajstić information content (AvgIpc) is 2.19. The highest BCUT2D eigenvalue weighted by atomic mass is 35.5. The summed E-state index contributed by atoms with van der Waals surface area (Å²) in [6.07, 6.45) is 2.97. The summed E-state index contributed by atoms with van der Waals surface area (Å²) < 4.78 is 0. The fourth-order valence-electron chi connectivity index (χ4n) is 1.63. The van der Waals surface area contributed by atoms with Crippen LogP contribution in [0.2, 0.25) is 5.02 Å². The molecule has 0 amide bonds. The van der Waals surface area contributed by atoms with E-state index in [0.717, 1.165) is 23.2 Å². The first-order valence-corrected chi connectivity index (χ1v) is 4.75. The van der Waals surface area contributed by atoms with Crippen LogP contribution in [0.25, 0.3) is 5.57 Å². The number of nitriles is 1. The van der Waals surface area contributed by atoms with Crippen molar-refractivity contribution in [1.29, 1.82) is 5.26 Å². The normalized spacial score (nSPS) is 14.9. The highest BCUT2D eigenvalue weighted by molar-refractivity contribution is 6.30. The summed E-state index contributed by atoms with van der Waals surface area (Å²) in [6.45, 7) is 4.68. The summed E-state index contributed by atoms with van der Waals surface area (Å²) in [5.74, 6) is 0. The molecule has 1 heterocycles. The molecule has 0 spiro atoms. The Hall–Kier alpha value is -1.46. The van der Waals surface area contributed by atoms with Crippen molar-refractivity contribution in [1.82, 2.24) is 0 Å². The van der Waals surface area contributed by atoms with Gasteiger partial charge in [-0.25, -0.2) is 0 Å². The molecule has 0 radical (unpaired) electrons. The van der Waals surface area contributed by atoms with Crippen LogP contribution in [-0.4, -0.2) is 6.54 Å². The first-order chi connectivity index (χ1) is 6.72. The van der Waals surface area contributed by atoms with Gasteiger partial charge in [-0.3, -0.25) is 4.90 Å². The molecule has 3 heteroatoms. The smallest absolute Gasteiger partial charge is 0.184 e. The molecule has 0 unspecified atom stereocenters. The van der Waals surface area contributed by atoms with E-state index < -0.39 is 0 Å². The lowest BCUT2D eigenvalue weighted by Gasteiger charge is -2.25. The summed E-state index contributed by atoms with van der Waals surface area (Å²) in [7, 11) is 0. The molecule has 0 fully saturated rings. The Bertz CT molecular complexity index is 431. The maximum absolute atomic E-state index is 8.91. The van der Waals surface area contributed by atoms with Crippen molar-refractivity contribution in [3.05, 3.63) is 35.4 Å². The molecule has 1 aliphatic rings. The summed E-state index contributed by atoms with van der Waals surface area (Å²) in [5.41, 5.74) is 2.95. The van der Waals surface area contributed by atoms with Crippen molar-refractivity contribution in [3.8, 4) is 6.19 Å². The number of halogens is 1. The van der Waals surface area contributed by atoms with Crippen LogP contribution in [0.15, 0.2) is 24.8 Å². The molecular weight excluding hydrogens is 196 g/mol. The zero-order valence-electron chi connectivity index (χ0n) is 7.63. The third-order valence-electron chi connectivity index (χ3n) is 2.39. The van der Waals surface area contributed by atoms with Gasteiger partial charge in [0.1, 0.15) is 0 Å².